The molecule has 0 aliphatic heterocycles. The van der Waals surface area contributed by atoms with Crippen molar-refractivity contribution >= 4 is 49.1 Å². The molecule has 0 amide bonds. The summed E-state index contributed by atoms with van der Waals surface area (Å²) in [6.07, 6.45) is 8.57. The quantitative estimate of drug-likeness (QED) is 0.190. The monoisotopic (exact) mass is 651 g/mol. The molecule has 0 N–H and O–H groups in total. The normalized spacial score (nSPS) is 13.4. The first-order chi connectivity index (χ1) is 25.3. The van der Waals surface area contributed by atoms with E-state index in [2.05, 4.69) is 140 Å². The van der Waals surface area contributed by atoms with E-state index in [1.165, 1.54) is 21.9 Å². The van der Waals surface area contributed by atoms with Crippen molar-refractivity contribution < 1.29 is 4.42 Å². The van der Waals surface area contributed by atoms with Crippen LogP contribution in [0.25, 0.3) is 105 Å². The highest BCUT2D eigenvalue weighted by molar-refractivity contribution is 6.25. The average molecular weight is 652 g/mol. The van der Waals surface area contributed by atoms with Gasteiger partial charge in [0.25, 0.3) is 0 Å². The van der Waals surface area contributed by atoms with Gasteiger partial charge in [-0.05, 0) is 86.5 Å². The fraction of sp³-hybridized carbons (Fsp3) is 0.0426. The SMILES string of the molecule is C1=CC(c2nc(-c3cc(-c4ccccc4)cc4ccccc34)nc(-c3c4c(cc5oc6ccccc6c35)-c3cccc5cccc-4c35)n2)=CCC1. The third-order valence-electron chi connectivity index (χ3n) is 10.5. The van der Waals surface area contributed by atoms with Gasteiger partial charge in [-0.3, -0.25) is 0 Å². The molecule has 2 heterocycles. The van der Waals surface area contributed by atoms with Gasteiger partial charge in [-0.2, -0.15) is 0 Å². The summed E-state index contributed by atoms with van der Waals surface area (Å²) in [6.45, 7) is 0. The van der Waals surface area contributed by atoms with Crippen molar-refractivity contribution in [2.45, 2.75) is 12.8 Å². The van der Waals surface area contributed by atoms with Crippen LogP contribution in [-0.4, -0.2) is 15.0 Å². The maximum atomic E-state index is 6.62. The third kappa shape index (κ3) is 4.30. The Labute approximate surface area is 294 Å². The number of para-hydroxylation sites is 1. The minimum absolute atomic E-state index is 0.641. The van der Waals surface area contributed by atoms with Gasteiger partial charge >= 0.3 is 0 Å². The summed E-state index contributed by atoms with van der Waals surface area (Å²) in [5, 5.41) is 6.77. The molecule has 7 aromatic carbocycles. The highest BCUT2D eigenvalue weighted by Gasteiger charge is 2.30. The lowest BCUT2D eigenvalue weighted by Crippen LogP contribution is -2.04. The van der Waals surface area contributed by atoms with E-state index in [0.29, 0.717) is 17.5 Å². The van der Waals surface area contributed by atoms with Crippen molar-refractivity contribution in [1.29, 1.82) is 0 Å². The van der Waals surface area contributed by atoms with Crippen LogP contribution >= 0.6 is 0 Å². The number of furan rings is 1. The number of fused-ring (bicyclic) bond motifs is 7. The molecule has 0 unspecified atom stereocenters. The van der Waals surface area contributed by atoms with E-state index < -0.39 is 0 Å². The average Bonchev–Trinajstić information content (AvgIpc) is 3.73. The molecule has 4 heteroatoms. The van der Waals surface area contributed by atoms with Gasteiger partial charge in [0.2, 0.25) is 0 Å². The van der Waals surface area contributed by atoms with Crippen LogP contribution in [-0.2, 0) is 0 Å². The molecule has 9 aromatic rings. The van der Waals surface area contributed by atoms with Gasteiger partial charge in [0.1, 0.15) is 11.2 Å². The zero-order valence-corrected chi connectivity index (χ0v) is 27.6. The summed E-state index contributed by atoms with van der Waals surface area (Å²) in [5.41, 5.74) is 11.6. The molecule has 2 aliphatic rings. The summed E-state index contributed by atoms with van der Waals surface area (Å²) in [6, 6.07) is 47.2. The number of aromatic nitrogens is 3. The molecule has 51 heavy (non-hydrogen) atoms. The lowest BCUT2D eigenvalue weighted by atomic mass is 9.92. The maximum Gasteiger partial charge on any atom is 0.165 e. The first-order valence-corrected chi connectivity index (χ1v) is 17.5. The van der Waals surface area contributed by atoms with Crippen molar-refractivity contribution in [3.05, 3.63) is 158 Å². The van der Waals surface area contributed by atoms with E-state index >= 15 is 0 Å². The highest BCUT2D eigenvalue weighted by atomic mass is 16.3. The number of rotatable bonds is 4. The zero-order valence-electron chi connectivity index (χ0n) is 27.6. The second-order valence-corrected chi connectivity index (χ2v) is 13.4. The number of allylic oxidation sites excluding steroid dienone is 4. The smallest absolute Gasteiger partial charge is 0.165 e. The molecule has 0 radical (unpaired) electrons. The van der Waals surface area contributed by atoms with E-state index in [9.17, 15) is 0 Å². The Morgan fingerprint density at radius 1 is 0.451 bits per heavy atom. The molecule has 2 aliphatic carbocycles. The Morgan fingerprint density at radius 3 is 2.06 bits per heavy atom. The van der Waals surface area contributed by atoms with E-state index in [4.69, 9.17) is 19.4 Å². The predicted molar refractivity (Wildman–Crippen MR) is 209 cm³/mol. The largest absolute Gasteiger partial charge is 0.456 e. The van der Waals surface area contributed by atoms with Gasteiger partial charge in [-0.1, -0.05) is 127 Å². The van der Waals surface area contributed by atoms with E-state index in [-0.39, 0.29) is 0 Å². The van der Waals surface area contributed by atoms with Crippen LogP contribution < -0.4 is 0 Å². The molecule has 0 spiro atoms. The van der Waals surface area contributed by atoms with Crippen molar-refractivity contribution in [3.8, 4) is 56.2 Å². The Kier molecular flexibility index (Phi) is 6.05. The number of nitrogens with zero attached hydrogens (tertiary/aromatic N) is 3. The Balaban J connectivity index is 1.28. The van der Waals surface area contributed by atoms with Gasteiger partial charge < -0.3 is 4.42 Å². The molecule has 0 bridgehead atoms. The fourth-order valence-corrected chi connectivity index (χ4v) is 8.19. The molecule has 0 atom stereocenters. The van der Waals surface area contributed by atoms with Gasteiger partial charge in [-0.15, -0.1) is 0 Å². The lowest BCUT2D eigenvalue weighted by molar-refractivity contribution is 0.669. The molecular weight excluding hydrogens is 623 g/mol. The minimum atomic E-state index is 0.641. The van der Waals surface area contributed by atoms with Crippen LogP contribution in [0.4, 0.5) is 0 Å². The summed E-state index contributed by atoms with van der Waals surface area (Å²) >= 11 is 0. The maximum absolute atomic E-state index is 6.62. The van der Waals surface area contributed by atoms with Crippen molar-refractivity contribution in [2.24, 2.45) is 0 Å². The number of hydrogen-bond acceptors (Lipinski definition) is 4. The Bertz CT molecular complexity index is 2960. The van der Waals surface area contributed by atoms with Gasteiger partial charge in [0.15, 0.2) is 17.5 Å². The van der Waals surface area contributed by atoms with Gasteiger partial charge in [-0.25, -0.2) is 15.0 Å². The predicted octanol–water partition coefficient (Wildman–Crippen LogP) is 12.5. The van der Waals surface area contributed by atoms with Crippen molar-refractivity contribution in [1.82, 2.24) is 15.0 Å². The van der Waals surface area contributed by atoms with E-state index in [0.717, 1.165) is 84.5 Å². The Morgan fingerprint density at radius 2 is 1.20 bits per heavy atom. The van der Waals surface area contributed by atoms with E-state index in [1.807, 2.05) is 12.1 Å². The summed E-state index contributed by atoms with van der Waals surface area (Å²) in [7, 11) is 0. The molecular formula is C47H29N3O. The Hall–Kier alpha value is -6.65. The molecule has 2 aromatic heterocycles. The van der Waals surface area contributed by atoms with Gasteiger partial charge in [0.05, 0.1) is 0 Å². The van der Waals surface area contributed by atoms with Crippen LogP contribution in [0, 0.1) is 0 Å². The van der Waals surface area contributed by atoms with Crippen molar-refractivity contribution in [2.75, 3.05) is 0 Å². The van der Waals surface area contributed by atoms with Crippen LogP contribution in [0.5, 0.6) is 0 Å². The molecule has 0 fully saturated rings. The third-order valence-corrected chi connectivity index (χ3v) is 10.5. The first-order valence-electron chi connectivity index (χ1n) is 17.5. The van der Waals surface area contributed by atoms with Crippen LogP contribution in [0.3, 0.4) is 0 Å². The topological polar surface area (TPSA) is 51.8 Å². The van der Waals surface area contributed by atoms with Crippen LogP contribution in [0.1, 0.15) is 18.7 Å². The first kappa shape index (κ1) is 28.2. The second-order valence-electron chi connectivity index (χ2n) is 13.4. The molecule has 11 rings (SSSR count). The summed E-state index contributed by atoms with van der Waals surface area (Å²) in [5.74, 6) is 1.96. The second kappa shape index (κ2) is 10.9. The van der Waals surface area contributed by atoms with Gasteiger partial charge in [0, 0.05) is 33.0 Å². The van der Waals surface area contributed by atoms with Crippen LogP contribution in [0.15, 0.2) is 156 Å². The standard InChI is InChI=1S/C47H29N3O/c1-3-13-28(14-4-1)32-25-31-17-7-8-20-33(31)38(26-32)46-48-45(30-15-5-2-6-16-30)49-47(50-46)44-42-36-23-12-19-29-18-11-22-34(41(29)36)37(42)27-40-43(44)35-21-9-10-24-39(35)51-40/h1,3-5,7-27H,2,6H2. The fourth-order valence-electron chi connectivity index (χ4n) is 8.19. The molecule has 238 valence electrons. The number of benzene rings is 7. The van der Waals surface area contributed by atoms with Crippen molar-refractivity contribution in [3.63, 3.8) is 0 Å². The summed E-state index contributed by atoms with van der Waals surface area (Å²) < 4.78 is 6.62. The zero-order chi connectivity index (χ0) is 33.5. The molecule has 0 saturated heterocycles. The molecule has 0 saturated carbocycles. The van der Waals surface area contributed by atoms with Crippen LogP contribution in [0.2, 0.25) is 0 Å². The minimum Gasteiger partial charge on any atom is -0.456 e. The van der Waals surface area contributed by atoms with E-state index in [1.54, 1.807) is 0 Å². The highest BCUT2D eigenvalue weighted by Crippen LogP contribution is 2.54. The lowest BCUT2D eigenvalue weighted by Gasteiger charge is -2.16. The summed E-state index contributed by atoms with van der Waals surface area (Å²) in [4.78, 5) is 16.1. The molecule has 4 nitrogen and oxygen atoms in total. The number of hydrogen-bond donors (Lipinski definition) is 0.